The molecule has 2 heterocycles. The number of amides is 1. The van der Waals surface area contributed by atoms with Crippen molar-refractivity contribution in [3.63, 3.8) is 0 Å². The summed E-state index contributed by atoms with van der Waals surface area (Å²) in [7, 11) is 0. The maximum Gasteiger partial charge on any atom is 0.247 e. The first-order valence-corrected chi connectivity index (χ1v) is 8.05. The molecule has 1 fully saturated rings. The second kappa shape index (κ2) is 7.57. The van der Waals surface area contributed by atoms with Crippen molar-refractivity contribution < 1.29 is 13.9 Å². The Hall–Kier alpha value is -1.92. The molecular formula is C16H18ClN3O3. The number of nitrogens with one attached hydrogen (secondary N) is 1. The average Bonchev–Trinajstić information content (AvgIpc) is 3.23. The fourth-order valence-electron chi connectivity index (χ4n) is 2.41. The Morgan fingerprint density at radius 2 is 2.13 bits per heavy atom. The zero-order valence-electron chi connectivity index (χ0n) is 12.6. The number of benzene rings is 1. The van der Waals surface area contributed by atoms with Crippen molar-refractivity contribution in [2.75, 3.05) is 13.2 Å². The number of aryl methyl sites for hydroxylation is 1. The minimum atomic E-state index is -0.0354. The number of carbonyl (C=O) groups excluding carboxylic acids is 1. The summed E-state index contributed by atoms with van der Waals surface area (Å²) < 4.78 is 11.0. The van der Waals surface area contributed by atoms with E-state index in [2.05, 4.69) is 15.5 Å². The summed E-state index contributed by atoms with van der Waals surface area (Å²) in [6.45, 7) is 1.36. The normalized spacial score (nSPS) is 17.3. The van der Waals surface area contributed by atoms with E-state index in [1.807, 2.05) is 12.1 Å². The Balaban J connectivity index is 1.47. The van der Waals surface area contributed by atoms with Crippen LogP contribution in [-0.4, -0.2) is 35.4 Å². The zero-order valence-corrected chi connectivity index (χ0v) is 13.4. The van der Waals surface area contributed by atoms with Gasteiger partial charge in [-0.15, -0.1) is 10.2 Å². The lowest BCUT2D eigenvalue weighted by atomic mass is 10.2. The van der Waals surface area contributed by atoms with Crippen molar-refractivity contribution in [1.29, 1.82) is 0 Å². The van der Waals surface area contributed by atoms with Crippen molar-refractivity contribution in [1.82, 2.24) is 15.5 Å². The Labute approximate surface area is 139 Å². The summed E-state index contributed by atoms with van der Waals surface area (Å²) in [6.07, 6.45) is 2.95. The average molecular weight is 336 g/mol. The van der Waals surface area contributed by atoms with E-state index in [1.165, 1.54) is 0 Å². The number of aromatic nitrogens is 2. The van der Waals surface area contributed by atoms with Crippen LogP contribution in [0.15, 0.2) is 28.7 Å². The smallest absolute Gasteiger partial charge is 0.247 e. The topological polar surface area (TPSA) is 77.2 Å². The summed E-state index contributed by atoms with van der Waals surface area (Å²) >= 11 is 5.85. The molecule has 7 heteroatoms. The van der Waals surface area contributed by atoms with Crippen molar-refractivity contribution in [2.45, 2.75) is 31.8 Å². The summed E-state index contributed by atoms with van der Waals surface area (Å²) in [4.78, 5) is 11.8. The third-order valence-corrected chi connectivity index (χ3v) is 3.93. The maximum atomic E-state index is 11.8. The Bertz CT molecular complexity index is 651. The lowest BCUT2D eigenvalue weighted by Crippen LogP contribution is -2.31. The van der Waals surface area contributed by atoms with Crippen LogP contribution in [0.3, 0.4) is 0 Å². The van der Waals surface area contributed by atoms with E-state index in [0.717, 1.165) is 25.0 Å². The first-order valence-electron chi connectivity index (χ1n) is 7.67. The van der Waals surface area contributed by atoms with E-state index >= 15 is 0 Å². The van der Waals surface area contributed by atoms with Gasteiger partial charge in [0, 0.05) is 36.6 Å². The molecule has 0 aliphatic carbocycles. The van der Waals surface area contributed by atoms with E-state index in [9.17, 15) is 4.79 Å². The highest BCUT2D eigenvalue weighted by Gasteiger charge is 2.16. The van der Waals surface area contributed by atoms with E-state index in [1.54, 1.807) is 12.1 Å². The maximum absolute atomic E-state index is 11.8. The highest BCUT2D eigenvalue weighted by Crippen LogP contribution is 2.20. The predicted octanol–water partition coefficient (Wildman–Crippen LogP) is 2.62. The molecule has 1 amide bonds. The molecule has 23 heavy (non-hydrogen) atoms. The van der Waals surface area contributed by atoms with Crippen LogP contribution in [0.5, 0.6) is 0 Å². The zero-order chi connectivity index (χ0) is 16.1. The molecular weight excluding hydrogens is 318 g/mol. The molecule has 1 unspecified atom stereocenters. The van der Waals surface area contributed by atoms with Gasteiger partial charge < -0.3 is 14.5 Å². The first-order chi connectivity index (χ1) is 11.2. The van der Waals surface area contributed by atoms with E-state index < -0.39 is 0 Å². The van der Waals surface area contributed by atoms with Gasteiger partial charge in [0.25, 0.3) is 0 Å². The molecule has 1 aliphatic heterocycles. The molecule has 1 aliphatic rings. The van der Waals surface area contributed by atoms with Gasteiger partial charge >= 0.3 is 0 Å². The fraction of sp³-hybridized carbons (Fsp3) is 0.438. The van der Waals surface area contributed by atoms with Crippen LogP contribution in [-0.2, 0) is 16.0 Å². The number of halogens is 1. The van der Waals surface area contributed by atoms with Crippen LogP contribution in [0.1, 0.15) is 25.2 Å². The van der Waals surface area contributed by atoms with Gasteiger partial charge in [0.1, 0.15) is 0 Å². The SMILES string of the molecule is O=C(CCc1nnc(-c2ccc(Cl)cc2)o1)NCC1CCCO1. The van der Waals surface area contributed by atoms with Gasteiger partial charge in [-0.3, -0.25) is 4.79 Å². The first kappa shape index (κ1) is 16.0. The van der Waals surface area contributed by atoms with Gasteiger partial charge in [-0.1, -0.05) is 11.6 Å². The van der Waals surface area contributed by atoms with Gasteiger partial charge in [-0.25, -0.2) is 0 Å². The minimum Gasteiger partial charge on any atom is -0.421 e. The Morgan fingerprint density at radius 1 is 1.30 bits per heavy atom. The van der Waals surface area contributed by atoms with Gasteiger partial charge in [0.2, 0.25) is 17.7 Å². The van der Waals surface area contributed by atoms with Gasteiger partial charge in [-0.05, 0) is 37.1 Å². The predicted molar refractivity (Wildman–Crippen MR) is 85.0 cm³/mol. The van der Waals surface area contributed by atoms with Crippen molar-refractivity contribution >= 4 is 17.5 Å². The van der Waals surface area contributed by atoms with E-state index in [0.29, 0.717) is 36.2 Å². The van der Waals surface area contributed by atoms with Gasteiger partial charge in [0.15, 0.2) is 0 Å². The molecule has 6 nitrogen and oxygen atoms in total. The number of nitrogens with zero attached hydrogens (tertiary/aromatic N) is 2. The molecule has 0 bridgehead atoms. The molecule has 1 aromatic heterocycles. The molecule has 1 aromatic carbocycles. The number of rotatable bonds is 6. The Morgan fingerprint density at radius 3 is 2.87 bits per heavy atom. The molecule has 3 rings (SSSR count). The standard InChI is InChI=1S/C16H18ClN3O3/c17-12-5-3-11(4-6-12)16-20-19-15(23-16)8-7-14(21)18-10-13-2-1-9-22-13/h3-6,13H,1-2,7-10H2,(H,18,21). The van der Waals surface area contributed by atoms with Crippen LogP contribution in [0, 0.1) is 0 Å². The molecule has 122 valence electrons. The highest BCUT2D eigenvalue weighted by molar-refractivity contribution is 6.30. The van der Waals surface area contributed by atoms with Crippen LogP contribution in [0.25, 0.3) is 11.5 Å². The van der Waals surface area contributed by atoms with Crippen LogP contribution in [0.4, 0.5) is 0 Å². The number of hydrogen-bond donors (Lipinski definition) is 1. The lowest BCUT2D eigenvalue weighted by molar-refractivity contribution is -0.121. The second-order valence-corrected chi connectivity index (χ2v) is 5.88. The van der Waals surface area contributed by atoms with Gasteiger partial charge in [-0.2, -0.15) is 0 Å². The lowest BCUT2D eigenvalue weighted by Gasteiger charge is -2.10. The summed E-state index contributed by atoms with van der Waals surface area (Å²) in [6, 6.07) is 7.15. The summed E-state index contributed by atoms with van der Waals surface area (Å²) in [5.41, 5.74) is 0.802. The number of hydrogen-bond acceptors (Lipinski definition) is 5. The van der Waals surface area contributed by atoms with Gasteiger partial charge in [0.05, 0.1) is 6.10 Å². The van der Waals surface area contributed by atoms with Crippen molar-refractivity contribution in [2.24, 2.45) is 0 Å². The fourth-order valence-corrected chi connectivity index (χ4v) is 2.53. The summed E-state index contributed by atoms with van der Waals surface area (Å²) in [5, 5.41) is 11.5. The molecule has 0 saturated carbocycles. The third-order valence-electron chi connectivity index (χ3n) is 3.67. The van der Waals surface area contributed by atoms with Crippen LogP contribution < -0.4 is 5.32 Å². The van der Waals surface area contributed by atoms with Crippen molar-refractivity contribution in [3.05, 3.63) is 35.2 Å². The molecule has 1 atom stereocenters. The monoisotopic (exact) mass is 335 g/mol. The molecule has 1 N–H and O–H groups in total. The molecule has 1 saturated heterocycles. The quantitative estimate of drug-likeness (QED) is 0.878. The van der Waals surface area contributed by atoms with E-state index in [4.69, 9.17) is 20.8 Å². The molecule has 0 spiro atoms. The highest BCUT2D eigenvalue weighted by atomic mass is 35.5. The van der Waals surface area contributed by atoms with Crippen LogP contribution >= 0.6 is 11.6 Å². The Kier molecular flexibility index (Phi) is 5.25. The number of carbonyl (C=O) groups is 1. The largest absolute Gasteiger partial charge is 0.421 e. The van der Waals surface area contributed by atoms with Crippen molar-refractivity contribution in [3.8, 4) is 11.5 Å². The molecule has 0 radical (unpaired) electrons. The summed E-state index contributed by atoms with van der Waals surface area (Å²) in [5.74, 6) is 0.838. The second-order valence-electron chi connectivity index (χ2n) is 5.45. The third kappa shape index (κ3) is 4.53. The number of ether oxygens (including phenoxy) is 1. The minimum absolute atomic E-state index is 0.0354. The van der Waals surface area contributed by atoms with E-state index in [-0.39, 0.29) is 12.0 Å². The van der Waals surface area contributed by atoms with Crippen LogP contribution in [0.2, 0.25) is 5.02 Å². The molecule has 2 aromatic rings.